The predicted octanol–water partition coefficient (Wildman–Crippen LogP) is 1.07. The quantitative estimate of drug-likeness (QED) is 0.623. The van der Waals surface area contributed by atoms with E-state index in [9.17, 15) is 13.2 Å². The van der Waals surface area contributed by atoms with Gasteiger partial charge in [-0.2, -0.15) is 19.7 Å². The van der Waals surface area contributed by atoms with Gasteiger partial charge in [-0.3, -0.25) is 9.48 Å². The molecule has 0 saturated carbocycles. The maximum Gasteiger partial charge on any atom is 0.257 e. The minimum absolute atomic E-state index is 0.0864. The molecule has 11 heteroatoms. The van der Waals surface area contributed by atoms with Gasteiger partial charge in [-0.15, -0.1) is 0 Å². The molecule has 0 unspecified atom stereocenters. The third-order valence-corrected chi connectivity index (χ3v) is 6.42. The predicted molar refractivity (Wildman–Crippen MR) is 104 cm³/mol. The van der Waals surface area contributed by atoms with E-state index in [2.05, 4.69) is 20.2 Å². The zero-order chi connectivity index (χ0) is 20.8. The van der Waals surface area contributed by atoms with Crippen molar-refractivity contribution in [3.8, 4) is 0 Å². The van der Waals surface area contributed by atoms with Crippen molar-refractivity contribution in [1.29, 1.82) is 0 Å². The van der Waals surface area contributed by atoms with Gasteiger partial charge in [-0.1, -0.05) is 0 Å². The van der Waals surface area contributed by atoms with Crippen molar-refractivity contribution in [3.05, 3.63) is 35.7 Å². The van der Waals surface area contributed by atoms with Crippen LogP contribution in [0.5, 0.6) is 0 Å². The molecule has 4 heterocycles. The molecule has 1 atom stereocenters. The Balaban J connectivity index is 1.71. The van der Waals surface area contributed by atoms with Crippen LogP contribution in [0.3, 0.4) is 0 Å². The van der Waals surface area contributed by atoms with Gasteiger partial charge in [-0.05, 0) is 26.7 Å². The number of nitrogens with zero attached hydrogens (tertiary/aromatic N) is 7. The zero-order valence-corrected chi connectivity index (χ0v) is 17.4. The molecule has 3 aromatic rings. The van der Waals surface area contributed by atoms with Gasteiger partial charge >= 0.3 is 0 Å². The average molecular weight is 417 g/mol. The van der Waals surface area contributed by atoms with Gasteiger partial charge in [0.1, 0.15) is 11.2 Å². The summed E-state index contributed by atoms with van der Waals surface area (Å²) in [6.07, 6.45) is 7.13. The van der Waals surface area contributed by atoms with Gasteiger partial charge in [-0.25, -0.2) is 13.4 Å². The minimum atomic E-state index is -3.52. The summed E-state index contributed by atoms with van der Waals surface area (Å²) in [6, 6.07) is 0. The van der Waals surface area contributed by atoms with E-state index in [-0.39, 0.29) is 16.7 Å². The fraction of sp³-hybridized carbons (Fsp3) is 0.500. The number of aromatic nitrogens is 6. The number of piperidine rings is 1. The Bertz CT molecular complexity index is 1180. The molecule has 0 N–H and O–H groups in total. The van der Waals surface area contributed by atoms with E-state index < -0.39 is 9.84 Å². The molecular formula is C18H23N7O3S. The first kappa shape index (κ1) is 19.5. The monoisotopic (exact) mass is 417 g/mol. The number of fused-ring (bicyclic) bond motifs is 1. The smallest absolute Gasteiger partial charge is 0.257 e. The molecule has 4 rings (SSSR count). The average Bonchev–Trinajstić information content (AvgIpc) is 3.32. The highest BCUT2D eigenvalue weighted by atomic mass is 32.2. The van der Waals surface area contributed by atoms with E-state index in [1.54, 1.807) is 15.8 Å². The van der Waals surface area contributed by atoms with Crippen LogP contribution in [-0.4, -0.2) is 67.9 Å². The number of aryl methyl sites for hydroxylation is 2. The van der Waals surface area contributed by atoms with Crippen molar-refractivity contribution >= 4 is 21.5 Å². The highest BCUT2D eigenvalue weighted by Gasteiger charge is 2.32. The van der Waals surface area contributed by atoms with E-state index >= 15 is 0 Å². The maximum absolute atomic E-state index is 13.1. The molecule has 29 heavy (non-hydrogen) atoms. The number of hydrogen-bond acceptors (Lipinski definition) is 7. The highest BCUT2D eigenvalue weighted by Crippen LogP contribution is 2.32. The number of carbonyl (C=O) groups is 1. The van der Waals surface area contributed by atoms with Crippen molar-refractivity contribution in [3.63, 3.8) is 0 Å². The van der Waals surface area contributed by atoms with Gasteiger partial charge in [0.25, 0.3) is 11.7 Å². The van der Waals surface area contributed by atoms with Crippen LogP contribution in [0.4, 0.5) is 0 Å². The van der Waals surface area contributed by atoms with Crippen molar-refractivity contribution in [2.75, 3.05) is 19.3 Å². The van der Waals surface area contributed by atoms with Crippen molar-refractivity contribution in [2.24, 2.45) is 0 Å². The SMILES string of the molecule is CCn1cc(C(=O)N2CCC[C@H](c3c(S(C)(=O)=O)cnc4ncnn34)C2)c(C)n1. The van der Waals surface area contributed by atoms with E-state index in [0.29, 0.717) is 42.4 Å². The van der Waals surface area contributed by atoms with Crippen LogP contribution < -0.4 is 0 Å². The number of hydrogen-bond donors (Lipinski definition) is 0. The Morgan fingerprint density at radius 1 is 1.31 bits per heavy atom. The Kier molecular flexibility index (Phi) is 4.85. The van der Waals surface area contributed by atoms with Crippen LogP contribution >= 0.6 is 0 Å². The first-order valence-corrected chi connectivity index (χ1v) is 11.4. The lowest BCUT2D eigenvalue weighted by Gasteiger charge is -2.33. The van der Waals surface area contributed by atoms with E-state index in [1.165, 1.54) is 17.0 Å². The third kappa shape index (κ3) is 3.50. The summed E-state index contributed by atoms with van der Waals surface area (Å²) in [6.45, 7) is 5.50. The number of amides is 1. The third-order valence-electron chi connectivity index (χ3n) is 5.30. The summed E-state index contributed by atoms with van der Waals surface area (Å²) >= 11 is 0. The van der Waals surface area contributed by atoms with Gasteiger partial charge in [0, 0.05) is 38.0 Å². The Labute approximate surface area is 168 Å². The summed E-state index contributed by atoms with van der Waals surface area (Å²) in [7, 11) is -3.52. The van der Waals surface area contributed by atoms with Crippen LogP contribution in [-0.2, 0) is 16.4 Å². The zero-order valence-electron chi connectivity index (χ0n) is 16.6. The molecular weight excluding hydrogens is 394 g/mol. The lowest BCUT2D eigenvalue weighted by atomic mass is 9.94. The molecule has 10 nitrogen and oxygen atoms in total. The standard InChI is InChI=1S/C18H23N7O3S/c1-4-24-10-14(12(2)22-24)17(26)23-7-5-6-13(9-23)16-15(29(3,27)28)8-19-18-20-11-21-25(16)18/h8,10-11,13H,4-7,9H2,1-3H3/t13-/m0/s1. The molecule has 1 aliphatic heterocycles. The largest absolute Gasteiger partial charge is 0.338 e. The molecule has 1 aliphatic rings. The van der Waals surface area contributed by atoms with Gasteiger partial charge in [0.05, 0.1) is 23.1 Å². The number of rotatable bonds is 4. The van der Waals surface area contributed by atoms with Crippen LogP contribution in [0.2, 0.25) is 0 Å². The fourth-order valence-electron chi connectivity index (χ4n) is 3.89. The van der Waals surface area contributed by atoms with Gasteiger partial charge < -0.3 is 4.90 Å². The Morgan fingerprint density at radius 2 is 2.10 bits per heavy atom. The Morgan fingerprint density at radius 3 is 2.79 bits per heavy atom. The lowest BCUT2D eigenvalue weighted by Crippen LogP contribution is -2.40. The second kappa shape index (κ2) is 7.21. The lowest BCUT2D eigenvalue weighted by molar-refractivity contribution is 0.0703. The van der Waals surface area contributed by atoms with Crippen LogP contribution in [0, 0.1) is 6.92 Å². The summed E-state index contributed by atoms with van der Waals surface area (Å²) in [5.74, 6) is 0.0683. The number of sulfone groups is 1. The second-order valence-corrected chi connectivity index (χ2v) is 9.31. The molecule has 1 saturated heterocycles. The number of likely N-dealkylation sites (tertiary alicyclic amines) is 1. The van der Waals surface area contributed by atoms with Crippen molar-refractivity contribution in [1.82, 2.24) is 34.3 Å². The topological polar surface area (TPSA) is 115 Å². The molecule has 1 fully saturated rings. The van der Waals surface area contributed by atoms with E-state index in [0.717, 1.165) is 19.1 Å². The second-order valence-electron chi connectivity index (χ2n) is 7.33. The van der Waals surface area contributed by atoms with Gasteiger partial charge in [0.2, 0.25) is 0 Å². The molecule has 0 radical (unpaired) electrons. The number of carbonyl (C=O) groups excluding carboxylic acids is 1. The molecule has 0 spiro atoms. The molecule has 154 valence electrons. The minimum Gasteiger partial charge on any atom is -0.338 e. The van der Waals surface area contributed by atoms with Crippen LogP contribution in [0.1, 0.15) is 47.4 Å². The molecule has 0 bridgehead atoms. The Hall–Kier alpha value is -2.82. The normalized spacial score (nSPS) is 17.8. The summed E-state index contributed by atoms with van der Waals surface area (Å²) in [4.78, 5) is 23.2. The fourth-order valence-corrected chi connectivity index (χ4v) is 4.76. The van der Waals surface area contributed by atoms with Gasteiger partial charge in [0.15, 0.2) is 9.84 Å². The van der Waals surface area contributed by atoms with Crippen LogP contribution in [0.15, 0.2) is 23.6 Å². The first-order chi connectivity index (χ1) is 13.8. The summed E-state index contributed by atoms with van der Waals surface area (Å²) in [5.41, 5.74) is 1.81. The molecule has 0 aliphatic carbocycles. The molecule has 3 aromatic heterocycles. The molecule has 0 aromatic carbocycles. The highest BCUT2D eigenvalue weighted by molar-refractivity contribution is 7.90. The first-order valence-electron chi connectivity index (χ1n) is 9.51. The van der Waals surface area contributed by atoms with Crippen LogP contribution in [0.25, 0.3) is 5.78 Å². The summed E-state index contributed by atoms with van der Waals surface area (Å²) in [5, 5.41) is 8.55. The van der Waals surface area contributed by atoms with Crippen molar-refractivity contribution in [2.45, 2.75) is 44.0 Å². The molecule has 1 amide bonds. The van der Waals surface area contributed by atoms with Crippen molar-refractivity contribution < 1.29 is 13.2 Å². The maximum atomic E-state index is 13.1. The van der Waals surface area contributed by atoms with E-state index in [4.69, 9.17) is 0 Å². The summed E-state index contributed by atoms with van der Waals surface area (Å²) < 4.78 is 28.0. The van der Waals surface area contributed by atoms with E-state index in [1.807, 2.05) is 13.8 Å².